The number of carbonyl (C=O) groups is 2. The van der Waals surface area contributed by atoms with E-state index in [9.17, 15) is 9.59 Å². The predicted molar refractivity (Wildman–Crippen MR) is 132 cm³/mol. The maximum Gasteiger partial charge on any atom is 0.341 e. The second-order valence-electron chi connectivity index (χ2n) is 8.86. The van der Waals surface area contributed by atoms with Crippen LogP contribution >= 0.6 is 0 Å². The molecule has 3 N–H and O–H groups in total. The lowest BCUT2D eigenvalue weighted by Crippen LogP contribution is -2.21. The lowest BCUT2D eigenvalue weighted by atomic mass is 9.92. The molecule has 8 heteroatoms. The number of hydrogen-bond acceptors (Lipinski definition) is 4. The van der Waals surface area contributed by atoms with Crippen molar-refractivity contribution < 1.29 is 19.4 Å². The molecule has 4 rings (SSSR count). The molecule has 0 unspecified atom stereocenters. The lowest BCUT2D eigenvalue weighted by Gasteiger charge is -2.14. The van der Waals surface area contributed by atoms with Crippen molar-refractivity contribution in [2.45, 2.75) is 26.2 Å². The van der Waals surface area contributed by atoms with E-state index < -0.39 is 18.6 Å². The van der Waals surface area contributed by atoms with Crippen LogP contribution in [0.25, 0.3) is 16.5 Å². The van der Waals surface area contributed by atoms with E-state index in [0.717, 1.165) is 16.5 Å². The van der Waals surface area contributed by atoms with Crippen molar-refractivity contribution in [1.29, 1.82) is 0 Å². The number of carboxylic acids is 1. The van der Waals surface area contributed by atoms with Crippen LogP contribution in [-0.2, 0) is 10.2 Å². The van der Waals surface area contributed by atoms with Gasteiger partial charge < -0.3 is 15.2 Å². The molecule has 0 aliphatic rings. The normalized spacial score (nSPS) is 11.3. The molecule has 2 amide bonds. The number of nitrogens with zero attached hydrogens (tertiary/aromatic N) is 2. The van der Waals surface area contributed by atoms with Gasteiger partial charge in [0.1, 0.15) is 11.6 Å². The fraction of sp³-hybridized carbons (Fsp3) is 0.192. The summed E-state index contributed by atoms with van der Waals surface area (Å²) in [6.07, 6.45) is 0. The molecular weight excluding hydrogens is 432 g/mol. The molecular formula is C26H26N4O4. The number of benzene rings is 3. The van der Waals surface area contributed by atoms with Gasteiger partial charge in [-0.25, -0.2) is 14.3 Å². The SMILES string of the molecule is CC(C)(C)c1cc(NC(=O)Nc2cccc3ccccc23)n(-c2cccc(OCC(=O)O)c2)n1. The summed E-state index contributed by atoms with van der Waals surface area (Å²) in [4.78, 5) is 23.8. The van der Waals surface area contributed by atoms with E-state index in [1.165, 1.54) is 0 Å². The molecule has 1 aromatic heterocycles. The Hall–Kier alpha value is -4.33. The van der Waals surface area contributed by atoms with E-state index >= 15 is 0 Å². The number of aromatic nitrogens is 2. The van der Waals surface area contributed by atoms with Crippen LogP contribution < -0.4 is 15.4 Å². The van der Waals surface area contributed by atoms with Crippen molar-refractivity contribution in [2.75, 3.05) is 17.2 Å². The van der Waals surface area contributed by atoms with Crippen molar-refractivity contribution in [3.05, 3.63) is 78.5 Å². The van der Waals surface area contributed by atoms with Crippen molar-refractivity contribution >= 4 is 34.3 Å². The van der Waals surface area contributed by atoms with Crippen molar-refractivity contribution in [3.63, 3.8) is 0 Å². The van der Waals surface area contributed by atoms with Crippen LogP contribution in [0.5, 0.6) is 5.75 Å². The molecule has 0 saturated heterocycles. The van der Waals surface area contributed by atoms with Crippen LogP contribution in [0.2, 0.25) is 0 Å². The maximum atomic E-state index is 13.0. The first-order valence-corrected chi connectivity index (χ1v) is 10.8. The van der Waals surface area contributed by atoms with E-state index in [1.54, 1.807) is 28.9 Å². The van der Waals surface area contributed by atoms with Gasteiger partial charge in [0.15, 0.2) is 6.61 Å². The van der Waals surface area contributed by atoms with Crippen molar-refractivity contribution in [1.82, 2.24) is 9.78 Å². The second kappa shape index (κ2) is 9.27. The minimum Gasteiger partial charge on any atom is -0.482 e. The highest BCUT2D eigenvalue weighted by Gasteiger charge is 2.22. The number of hydrogen-bond donors (Lipinski definition) is 3. The number of fused-ring (bicyclic) bond motifs is 1. The highest BCUT2D eigenvalue weighted by molar-refractivity contribution is 6.06. The highest BCUT2D eigenvalue weighted by Crippen LogP contribution is 2.28. The van der Waals surface area contributed by atoms with E-state index in [2.05, 4.69) is 10.6 Å². The monoisotopic (exact) mass is 458 g/mol. The average Bonchev–Trinajstić information content (AvgIpc) is 3.22. The van der Waals surface area contributed by atoms with Crippen LogP contribution in [0, 0.1) is 0 Å². The average molecular weight is 459 g/mol. The third-order valence-corrected chi connectivity index (χ3v) is 5.18. The van der Waals surface area contributed by atoms with Gasteiger partial charge in [-0.2, -0.15) is 5.10 Å². The number of anilines is 2. The van der Waals surface area contributed by atoms with E-state index in [0.29, 0.717) is 22.9 Å². The molecule has 4 aromatic rings. The molecule has 0 spiro atoms. The number of carbonyl (C=O) groups excluding carboxylic acids is 1. The van der Waals surface area contributed by atoms with Gasteiger partial charge in [0, 0.05) is 22.9 Å². The Morgan fingerprint density at radius 3 is 2.47 bits per heavy atom. The van der Waals surface area contributed by atoms with Gasteiger partial charge in [0.25, 0.3) is 0 Å². The quantitative estimate of drug-likeness (QED) is 0.357. The standard InChI is InChI=1S/C26H26N4O4/c1-26(2,3)22-15-23(30(29-22)18-10-7-11-19(14-18)34-16-24(31)32)28-25(33)27-21-13-6-9-17-8-4-5-12-20(17)21/h4-15H,16H2,1-3H3,(H,31,32)(H2,27,28,33). The third kappa shape index (κ3) is 5.17. The Bertz CT molecular complexity index is 1350. The number of rotatable bonds is 6. The Balaban J connectivity index is 1.64. The number of ether oxygens (including phenoxy) is 1. The molecule has 0 saturated carbocycles. The molecule has 0 bridgehead atoms. The fourth-order valence-corrected chi connectivity index (χ4v) is 3.49. The molecule has 0 atom stereocenters. The second-order valence-corrected chi connectivity index (χ2v) is 8.86. The zero-order valence-corrected chi connectivity index (χ0v) is 19.2. The summed E-state index contributed by atoms with van der Waals surface area (Å²) < 4.78 is 6.91. The van der Waals surface area contributed by atoms with Crippen molar-refractivity contribution in [2.24, 2.45) is 0 Å². The Kier molecular flexibility index (Phi) is 6.23. The van der Waals surface area contributed by atoms with E-state index in [4.69, 9.17) is 14.9 Å². The van der Waals surface area contributed by atoms with Crippen LogP contribution in [0.4, 0.5) is 16.3 Å². The molecule has 0 radical (unpaired) electrons. The van der Waals surface area contributed by atoms with Gasteiger partial charge >= 0.3 is 12.0 Å². The van der Waals surface area contributed by atoms with Crippen LogP contribution in [0.15, 0.2) is 72.8 Å². The minimum atomic E-state index is -1.06. The van der Waals surface area contributed by atoms with Gasteiger partial charge in [0.2, 0.25) is 0 Å². The maximum absolute atomic E-state index is 13.0. The first-order valence-electron chi connectivity index (χ1n) is 10.8. The number of carboxylic acid groups (broad SMARTS) is 1. The first-order chi connectivity index (χ1) is 16.2. The highest BCUT2D eigenvalue weighted by atomic mass is 16.5. The van der Waals surface area contributed by atoms with Crippen LogP contribution in [0.3, 0.4) is 0 Å². The zero-order chi connectivity index (χ0) is 24.3. The lowest BCUT2D eigenvalue weighted by molar-refractivity contribution is -0.139. The topological polar surface area (TPSA) is 105 Å². The van der Waals surface area contributed by atoms with Crippen LogP contribution in [0.1, 0.15) is 26.5 Å². The molecule has 0 aliphatic heterocycles. The van der Waals surface area contributed by atoms with Gasteiger partial charge in [-0.3, -0.25) is 5.32 Å². The summed E-state index contributed by atoms with van der Waals surface area (Å²) in [5.74, 6) is -0.205. The summed E-state index contributed by atoms with van der Waals surface area (Å²) in [6, 6.07) is 21.9. The summed E-state index contributed by atoms with van der Waals surface area (Å²) in [5.41, 5.74) is 1.84. The van der Waals surface area contributed by atoms with Gasteiger partial charge in [0.05, 0.1) is 17.1 Å². The molecule has 0 aliphatic carbocycles. The Labute approximate surface area is 197 Å². The number of amides is 2. The number of nitrogens with one attached hydrogen (secondary N) is 2. The molecule has 0 fully saturated rings. The molecule has 34 heavy (non-hydrogen) atoms. The predicted octanol–water partition coefficient (Wildman–Crippen LogP) is 5.43. The summed E-state index contributed by atoms with van der Waals surface area (Å²) in [6.45, 7) is 5.65. The van der Waals surface area contributed by atoms with Gasteiger partial charge in [-0.15, -0.1) is 0 Å². The smallest absolute Gasteiger partial charge is 0.341 e. The van der Waals surface area contributed by atoms with E-state index in [-0.39, 0.29) is 5.41 Å². The molecule has 174 valence electrons. The summed E-state index contributed by atoms with van der Waals surface area (Å²) in [5, 5.41) is 21.4. The number of aliphatic carboxylic acids is 1. The summed E-state index contributed by atoms with van der Waals surface area (Å²) >= 11 is 0. The zero-order valence-electron chi connectivity index (χ0n) is 19.2. The van der Waals surface area contributed by atoms with E-state index in [1.807, 2.05) is 69.3 Å². The molecule has 8 nitrogen and oxygen atoms in total. The fourth-order valence-electron chi connectivity index (χ4n) is 3.49. The Morgan fingerprint density at radius 2 is 1.71 bits per heavy atom. The Morgan fingerprint density at radius 1 is 0.971 bits per heavy atom. The molecule has 3 aromatic carbocycles. The minimum absolute atomic E-state index is 0.259. The first kappa shape index (κ1) is 22.8. The largest absolute Gasteiger partial charge is 0.482 e. The summed E-state index contributed by atoms with van der Waals surface area (Å²) in [7, 11) is 0. The third-order valence-electron chi connectivity index (χ3n) is 5.18. The van der Waals surface area contributed by atoms with Crippen LogP contribution in [-0.4, -0.2) is 33.5 Å². The number of urea groups is 1. The van der Waals surface area contributed by atoms with Crippen molar-refractivity contribution in [3.8, 4) is 11.4 Å². The van der Waals surface area contributed by atoms with Gasteiger partial charge in [-0.05, 0) is 23.6 Å². The van der Waals surface area contributed by atoms with Gasteiger partial charge in [-0.1, -0.05) is 63.2 Å². The molecule has 1 heterocycles.